The van der Waals surface area contributed by atoms with E-state index in [9.17, 15) is 14.7 Å². The van der Waals surface area contributed by atoms with Gasteiger partial charge < -0.3 is 19.6 Å². The van der Waals surface area contributed by atoms with Gasteiger partial charge in [0.15, 0.2) is 0 Å². The third-order valence-electron chi connectivity index (χ3n) is 8.73. The maximum atomic E-state index is 14.1. The number of rotatable bonds is 6. The molecule has 1 heterocycles. The number of piperidine rings is 1. The molecule has 1 saturated carbocycles. The molecule has 1 aliphatic heterocycles. The van der Waals surface area contributed by atoms with Crippen LogP contribution in [0.4, 0.5) is 0 Å². The molecule has 1 aliphatic carbocycles. The van der Waals surface area contributed by atoms with Crippen LogP contribution in [0.5, 0.6) is 5.75 Å². The van der Waals surface area contributed by atoms with Gasteiger partial charge in [-0.05, 0) is 85.8 Å². The van der Waals surface area contributed by atoms with E-state index in [-0.39, 0.29) is 17.9 Å². The van der Waals surface area contributed by atoms with Crippen molar-refractivity contribution in [1.29, 1.82) is 0 Å². The zero-order valence-corrected chi connectivity index (χ0v) is 23.5. The van der Waals surface area contributed by atoms with Crippen LogP contribution in [-0.2, 0) is 10.2 Å². The molecule has 2 fully saturated rings. The average molecular weight is 529 g/mol. The summed E-state index contributed by atoms with van der Waals surface area (Å²) >= 11 is 0. The number of β-amino-alcohol motifs (C(OH)–C–C–N with tert-alkyl or cyclic N) is 1. The van der Waals surface area contributed by atoms with Gasteiger partial charge in [-0.2, -0.15) is 0 Å². The first-order chi connectivity index (χ1) is 18.6. The topological polar surface area (TPSA) is 70.1 Å². The predicted octanol–water partition coefficient (Wildman–Crippen LogP) is 5.42. The first kappa shape index (κ1) is 27.4. The Balaban J connectivity index is 1.53. The molecule has 1 saturated heterocycles. The minimum atomic E-state index is -0.944. The molecule has 0 unspecified atom stereocenters. The lowest BCUT2D eigenvalue weighted by molar-refractivity contribution is -0.132. The van der Waals surface area contributed by atoms with Gasteiger partial charge in [-0.3, -0.25) is 9.59 Å². The third kappa shape index (κ3) is 5.32. The van der Waals surface area contributed by atoms with Gasteiger partial charge in [0.05, 0.1) is 5.60 Å². The molecule has 3 aromatic carbocycles. The molecule has 1 amide bonds. The number of fused-ring (bicyclic) bond motifs is 2. The van der Waals surface area contributed by atoms with E-state index in [1.807, 2.05) is 54.6 Å². The number of aliphatic hydroxyl groups is 1. The highest BCUT2D eigenvalue weighted by Gasteiger charge is 2.58. The largest absolute Gasteiger partial charge is 0.427 e. The fraction of sp³-hybridized carbons (Fsp3) is 0.455. The van der Waals surface area contributed by atoms with Gasteiger partial charge in [0.2, 0.25) is 0 Å². The fourth-order valence-electron chi connectivity index (χ4n) is 6.91. The summed E-state index contributed by atoms with van der Waals surface area (Å²) < 4.78 is 5.44. The van der Waals surface area contributed by atoms with Crippen LogP contribution in [0.3, 0.4) is 0 Å². The van der Waals surface area contributed by atoms with Crippen molar-refractivity contribution in [2.45, 2.75) is 63.5 Å². The Morgan fingerprint density at radius 2 is 1.82 bits per heavy atom. The average Bonchev–Trinajstić information content (AvgIpc) is 2.90. The quantitative estimate of drug-likeness (QED) is 0.342. The lowest BCUT2D eigenvalue weighted by Crippen LogP contribution is -2.67. The Labute approximate surface area is 231 Å². The number of hydrogen-bond donors (Lipinski definition) is 1. The number of benzene rings is 3. The molecule has 39 heavy (non-hydrogen) atoms. The number of likely N-dealkylation sites (tertiary alicyclic amines) is 1. The van der Waals surface area contributed by atoms with Crippen molar-refractivity contribution in [3.05, 3.63) is 77.9 Å². The summed E-state index contributed by atoms with van der Waals surface area (Å²) in [6, 6.07) is 21.7. The Morgan fingerprint density at radius 1 is 1.05 bits per heavy atom. The maximum absolute atomic E-state index is 14.1. The molecule has 0 radical (unpaired) electrons. The number of carbonyl (C=O) groups excluding carboxylic acids is 2. The van der Waals surface area contributed by atoms with Crippen LogP contribution in [0.25, 0.3) is 10.8 Å². The molecule has 5 rings (SSSR count). The lowest BCUT2D eigenvalue weighted by Gasteiger charge is -2.59. The van der Waals surface area contributed by atoms with Crippen molar-refractivity contribution in [1.82, 2.24) is 9.80 Å². The summed E-state index contributed by atoms with van der Waals surface area (Å²) in [5.74, 6) is 0.468. The van der Waals surface area contributed by atoms with Crippen LogP contribution < -0.4 is 4.74 Å². The standard InChI is InChI=1S/C33H40N2O4/c1-23(2)21-35(31(37)27-13-12-25-8-5-6-9-26(25)18-27)29-14-15-33(38)22-34(4)17-16-32(33,20-29)28-10-7-11-30(19-28)39-24(3)36/h5-13,18-19,23,29,38H,14-17,20-22H2,1-4H3/t29-,32+,33+/m1/s1. The second-order valence-electron chi connectivity index (χ2n) is 12.0. The SMILES string of the molecule is CC(=O)Oc1cccc([C@@]23CCN(C)C[C@@]2(O)CC[C@@H](N(CC(C)C)C(=O)c2ccc4ccccc4c2)C3)c1. The monoisotopic (exact) mass is 528 g/mol. The van der Waals surface area contributed by atoms with Crippen molar-refractivity contribution >= 4 is 22.6 Å². The van der Waals surface area contributed by atoms with Gasteiger partial charge in [-0.15, -0.1) is 0 Å². The number of nitrogens with zero attached hydrogens (tertiary/aromatic N) is 2. The van der Waals surface area contributed by atoms with Crippen molar-refractivity contribution in [2.24, 2.45) is 5.92 Å². The molecular formula is C33H40N2O4. The lowest BCUT2D eigenvalue weighted by atomic mass is 9.55. The molecule has 1 N–H and O–H groups in total. The molecule has 3 aromatic rings. The van der Waals surface area contributed by atoms with E-state index in [0.29, 0.717) is 43.2 Å². The van der Waals surface area contributed by atoms with E-state index < -0.39 is 11.0 Å². The van der Waals surface area contributed by atoms with Crippen molar-refractivity contribution in [2.75, 3.05) is 26.7 Å². The van der Waals surface area contributed by atoms with Gasteiger partial charge in [0.25, 0.3) is 5.91 Å². The van der Waals surface area contributed by atoms with Gasteiger partial charge in [0.1, 0.15) is 5.75 Å². The summed E-state index contributed by atoms with van der Waals surface area (Å²) in [5, 5.41) is 14.4. The Hall–Kier alpha value is -3.22. The highest BCUT2D eigenvalue weighted by atomic mass is 16.5. The van der Waals surface area contributed by atoms with Crippen molar-refractivity contribution in [3.8, 4) is 5.75 Å². The Bertz CT molecular complexity index is 1370. The zero-order chi connectivity index (χ0) is 27.8. The molecule has 6 nitrogen and oxygen atoms in total. The molecule has 3 atom stereocenters. The smallest absolute Gasteiger partial charge is 0.308 e. The van der Waals surface area contributed by atoms with Crippen molar-refractivity contribution < 1.29 is 19.4 Å². The summed E-state index contributed by atoms with van der Waals surface area (Å²) in [6.07, 6.45) is 2.76. The summed E-state index contributed by atoms with van der Waals surface area (Å²) in [4.78, 5) is 30.1. The number of likely N-dealkylation sites (N-methyl/N-ethyl adjacent to an activating group) is 1. The molecule has 2 aliphatic rings. The van der Waals surface area contributed by atoms with Gasteiger partial charge in [-0.25, -0.2) is 0 Å². The molecule has 0 bridgehead atoms. The van der Waals surface area contributed by atoms with Gasteiger partial charge >= 0.3 is 5.97 Å². The number of ether oxygens (including phenoxy) is 1. The Morgan fingerprint density at radius 3 is 2.56 bits per heavy atom. The molecule has 0 spiro atoms. The molecule has 0 aromatic heterocycles. The van der Waals surface area contributed by atoms with Crippen LogP contribution >= 0.6 is 0 Å². The minimum absolute atomic E-state index is 0.0209. The highest BCUT2D eigenvalue weighted by molar-refractivity contribution is 5.98. The van der Waals surface area contributed by atoms with Gasteiger partial charge in [0, 0.05) is 37.0 Å². The minimum Gasteiger partial charge on any atom is -0.427 e. The van der Waals surface area contributed by atoms with E-state index in [4.69, 9.17) is 4.74 Å². The summed E-state index contributed by atoms with van der Waals surface area (Å²) in [7, 11) is 2.05. The normalized spacial score (nSPS) is 25.3. The summed E-state index contributed by atoms with van der Waals surface area (Å²) in [5.41, 5.74) is 0.173. The van der Waals surface area contributed by atoms with E-state index in [0.717, 1.165) is 35.7 Å². The van der Waals surface area contributed by atoms with E-state index in [1.165, 1.54) is 6.92 Å². The molecule has 6 heteroatoms. The molecular weight excluding hydrogens is 488 g/mol. The third-order valence-corrected chi connectivity index (χ3v) is 8.73. The van der Waals surface area contributed by atoms with Crippen LogP contribution in [0, 0.1) is 5.92 Å². The second-order valence-corrected chi connectivity index (χ2v) is 12.0. The molecule has 206 valence electrons. The summed E-state index contributed by atoms with van der Waals surface area (Å²) in [6.45, 7) is 7.76. The zero-order valence-electron chi connectivity index (χ0n) is 23.5. The van der Waals surface area contributed by atoms with Crippen LogP contribution in [0.1, 0.15) is 62.4 Å². The predicted molar refractivity (Wildman–Crippen MR) is 154 cm³/mol. The number of hydrogen-bond acceptors (Lipinski definition) is 5. The van der Waals surface area contributed by atoms with Crippen LogP contribution in [-0.4, -0.2) is 65.1 Å². The fourth-order valence-corrected chi connectivity index (χ4v) is 6.91. The van der Waals surface area contributed by atoms with Crippen LogP contribution in [0.15, 0.2) is 66.7 Å². The first-order valence-electron chi connectivity index (χ1n) is 14.1. The number of esters is 1. The van der Waals surface area contributed by atoms with E-state index in [2.05, 4.69) is 36.8 Å². The number of amides is 1. The van der Waals surface area contributed by atoms with E-state index in [1.54, 1.807) is 6.07 Å². The van der Waals surface area contributed by atoms with E-state index >= 15 is 0 Å². The highest BCUT2D eigenvalue weighted by Crippen LogP contribution is 2.53. The second kappa shape index (κ2) is 10.7. The van der Waals surface area contributed by atoms with Crippen molar-refractivity contribution in [3.63, 3.8) is 0 Å². The van der Waals surface area contributed by atoms with Crippen LogP contribution in [0.2, 0.25) is 0 Å². The maximum Gasteiger partial charge on any atom is 0.308 e. The van der Waals surface area contributed by atoms with Gasteiger partial charge in [-0.1, -0.05) is 56.3 Å². The first-order valence-corrected chi connectivity index (χ1v) is 14.1. The Kier molecular flexibility index (Phi) is 7.53. The number of carbonyl (C=O) groups is 2.